The highest BCUT2D eigenvalue weighted by molar-refractivity contribution is 5.80. The van der Waals surface area contributed by atoms with E-state index in [1.165, 1.54) is 19.3 Å². The second-order valence-corrected chi connectivity index (χ2v) is 6.42. The standard InChI is InChI=1S/C18H25N5O2/c1-3-25-17-10-9-14(11-19-17)16-12-23(22-21-16)13(2)18(24)20-15-7-5-4-6-8-15/h9-13,15H,3-8H2,1-2H3,(H,20,24). The van der Waals surface area contributed by atoms with Gasteiger partial charge in [0.15, 0.2) is 0 Å². The van der Waals surface area contributed by atoms with Crippen molar-refractivity contribution < 1.29 is 9.53 Å². The molecular weight excluding hydrogens is 318 g/mol. The monoisotopic (exact) mass is 343 g/mol. The Hall–Kier alpha value is -2.44. The molecule has 1 aliphatic carbocycles. The van der Waals surface area contributed by atoms with Crippen LogP contribution in [0.1, 0.15) is 52.0 Å². The number of nitrogens with zero attached hydrogens (tertiary/aromatic N) is 4. The molecule has 25 heavy (non-hydrogen) atoms. The number of carbonyl (C=O) groups is 1. The fourth-order valence-corrected chi connectivity index (χ4v) is 3.05. The molecule has 1 amide bonds. The van der Waals surface area contributed by atoms with Crippen molar-refractivity contribution in [2.24, 2.45) is 0 Å². The normalized spacial score (nSPS) is 16.4. The van der Waals surface area contributed by atoms with Crippen molar-refractivity contribution in [2.45, 2.75) is 58.0 Å². The first-order valence-electron chi connectivity index (χ1n) is 8.99. The van der Waals surface area contributed by atoms with Crippen LogP contribution in [-0.4, -0.2) is 38.5 Å². The summed E-state index contributed by atoms with van der Waals surface area (Å²) in [6.07, 6.45) is 9.27. The number of ether oxygens (including phenoxy) is 1. The van der Waals surface area contributed by atoms with E-state index >= 15 is 0 Å². The van der Waals surface area contributed by atoms with Crippen molar-refractivity contribution in [2.75, 3.05) is 6.61 Å². The predicted octanol–water partition coefficient (Wildman–Crippen LogP) is 2.75. The number of nitrogens with one attached hydrogen (secondary N) is 1. The molecule has 0 bridgehead atoms. The second-order valence-electron chi connectivity index (χ2n) is 6.42. The van der Waals surface area contributed by atoms with Gasteiger partial charge in [-0.05, 0) is 32.8 Å². The van der Waals surface area contributed by atoms with E-state index < -0.39 is 0 Å². The molecule has 0 aliphatic heterocycles. The van der Waals surface area contributed by atoms with E-state index in [1.54, 1.807) is 23.1 Å². The van der Waals surface area contributed by atoms with Gasteiger partial charge < -0.3 is 10.1 Å². The average Bonchev–Trinajstić information content (AvgIpc) is 3.13. The van der Waals surface area contributed by atoms with Gasteiger partial charge in [0.25, 0.3) is 0 Å². The van der Waals surface area contributed by atoms with Crippen LogP contribution in [0.25, 0.3) is 11.3 Å². The third-order valence-electron chi connectivity index (χ3n) is 4.56. The van der Waals surface area contributed by atoms with Crippen LogP contribution in [0.15, 0.2) is 24.5 Å². The van der Waals surface area contributed by atoms with Crippen LogP contribution in [0, 0.1) is 0 Å². The van der Waals surface area contributed by atoms with Gasteiger partial charge >= 0.3 is 0 Å². The molecule has 1 aliphatic rings. The Labute approximate surface area is 147 Å². The van der Waals surface area contributed by atoms with E-state index in [1.807, 2.05) is 19.9 Å². The van der Waals surface area contributed by atoms with Crippen LogP contribution < -0.4 is 10.1 Å². The zero-order valence-electron chi connectivity index (χ0n) is 14.8. The third kappa shape index (κ3) is 4.35. The van der Waals surface area contributed by atoms with Crippen LogP contribution in [0.5, 0.6) is 5.88 Å². The molecular formula is C18H25N5O2. The number of hydrogen-bond acceptors (Lipinski definition) is 5. The highest BCUT2D eigenvalue weighted by Gasteiger charge is 2.21. The third-order valence-corrected chi connectivity index (χ3v) is 4.56. The summed E-state index contributed by atoms with van der Waals surface area (Å²) >= 11 is 0. The molecule has 1 saturated carbocycles. The Morgan fingerprint density at radius 2 is 2.16 bits per heavy atom. The molecule has 134 valence electrons. The van der Waals surface area contributed by atoms with Crippen molar-refractivity contribution in [1.29, 1.82) is 0 Å². The maximum Gasteiger partial charge on any atom is 0.244 e. The summed E-state index contributed by atoms with van der Waals surface area (Å²) in [6.45, 7) is 4.34. The lowest BCUT2D eigenvalue weighted by Crippen LogP contribution is -2.40. The van der Waals surface area contributed by atoms with E-state index in [2.05, 4.69) is 20.6 Å². The minimum atomic E-state index is -0.390. The van der Waals surface area contributed by atoms with Gasteiger partial charge in [0.05, 0.1) is 12.8 Å². The topological polar surface area (TPSA) is 81.9 Å². The molecule has 7 nitrogen and oxygen atoms in total. The molecule has 0 radical (unpaired) electrons. The largest absolute Gasteiger partial charge is 0.478 e. The molecule has 0 aromatic carbocycles. The Bertz CT molecular complexity index is 692. The highest BCUT2D eigenvalue weighted by atomic mass is 16.5. The second kappa shape index (κ2) is 8.09. The molecule has 1 unspecified atom stereocenters. The molecule has 0 spiro atoms. The summed E-state index contributed by atoms with van der Waals surface area (Å²) in [4.78, 5) is 16.7. The van der Waals surface area contributed by atoms with Gasteiger partial charge in [-0.15, -0.1) is 5.10 Å². The van der Waals surface area contributed by atoms with Crippen molar-refractivity contribution >= 4 is 5.91 Å². The fourth-order valence-electron chi connectivity index (χ4n) is 3.05. The van der Waals surface area contributed by atoms with Gasteiger partial charge in [-0.25, -0.2) is 9.67 Å². The van der Waals surface area contributed by atoms with Crippen LogP contribution in [-0.2, 0) is 4.79 Å². The molecule has 2 aromatic heterocycles. The van der Waals surface area contributed by atoms with Gasteiger partial charge in [0.1, 0.15) is 11.7 Å². The minimum Gasteiger partial charge on any atom is -0.478 e. The Balaban J connectivity index is 1.64. The molecule has 1 fully saturated rings. The number of rotatable bonds is 6. The Kier molecular flexibility index (Phi) is 5.63. The fraction of sp³-hybridized carbons (Fsp3) is 0.556. The zero-order valence-corrected chi connectivity index (χ0v) is 14.8. The number of hydrogen-bond donors (Lipinski definition) is 1. The smallest absolute Gasteiger partial charge is 0.244 e. The lowest BCUT2D eigenvalue weighted by Gasteiger charge is -2.24. The van der Waals surface area contributed by atoms with E-state index in [0.29, 0.717) is 24.2 Å². The lowest BCUT2D eigenvalue weighted by atomic mass is 9.95. The van der Waals surface area contributed by atoms with Gasteiger partial charge in [0, 0.05) is 23.9 Å². The van der Waals surface area contributed by atoms with E-state index in [-0.39, 0.29) is 11.9 Å². The molecule has 3 rings (SSSR count). The summed E-state index contributed by atoms with van der Waals surface area (Å²) in [5.74, 6) is 0.576. The van der Waals surface area contributed by atoms with Crippen LogP contribution in [0.2, 0.25) is 0 Å². The minimum absolute atomic E-state index is 0.00633. The van der Waals surface area contributed by atoms with Gasteiger partial charge in [0.2, 0.25) is 11.8 Å². The highest BCUT2D eigenvalue weighted by Crippen LogP contribution is 2.20. The number of pyridine rings is 1. The van der Waals surface area contributed by atoms with Gasteiger partial charge in [-0.2, -0.15) is 0 Å². The van der Waals surface area contributed by atoms with Crippen molar-refractivity contribution in [3.05, 3.63) is 24.5 Å². The quantitative estimate of drug-likeness (QED) is 0.872. The maximum absolute atomic E-state index is 12.4. The number of aromatic nitrogens is 4. The number of carbonyl (C=O) groups excluding carboxylic acids is 1. The zero-order chi connectivity index (χ0) is 17.6. The van der Waals surface area contributed by atoms with E-state index in [9.17, 15) is 4.79 Å². The predicted molar refractivity (Wildman–Crippen MR) is 94.1 cm³/mol. The van der Waals surface area contributed by atoms with Crippen LogP contribution in [0.4, 0.5) is 0 Å². The van der Waals surface area contributed by atoms with Crippen LogP contribution >= 0.6 is 0 Å². The summed E-state index contributed by atoms with van der Waals surface area (Å²) in [5.41, 5.74) is 1.53. The van der Waals surface area contributed by atoms with Crippen molar-refractivity contribution in [1.82, 2.24) is 25.3 Å². The lowest BCUT2D eigenvalue weighted by molar-refractivity contribution is -0.125. The average molecular weight is 343 g/mol. The van der Waals surface area contributed by atoms with Crippen LogP contribution in [0.3, 0.4) is 0 Å². The molecule has 7 heteroatoms. The van der Waals surface area contributed by atoms with Crippen molar-refractivity contribution in [3.8, 4) is 17.1 Å². The molecule has 2 aromatic rings. The molecule has 1 atom stereocenters. The Morgan fingerprint density at radius 1 is 1.36 bits per heavy atom. The number of amides is 1. The first-order chi connectivity index (χ1) is 12.2. The van der Waals surface area contributed by atoms with Gasteiger partial charge in [-0.1, -0.05) is 24.5 Å². The summed E-state index contributed by atoms with van der Waals surface area (Å²) in [6, 6.07) is 3.59. The SMILES string of the molecule is CCOc1ccc(-c2cn(C(C)C(=O)NC3CCCCC3)nn2)cn1. The first-order valence-corrected chi connectivity index (χ1v) is 8.99. The van der Waals surface area contributed by atoms with E-state index in [0.717, 1.165) is 18.4 Å². The van der Waals surface area contributed by atoms with E-state index in [4.69, 9.17) is 4.74 Å². The molecule has 0 saturated heterocycles. The summed E-state index contributed by atoms with van der Waals surface area (Å²) in [7, 11) is 0. The Morgan fingerprint density at radius 3 is 2.84 bits per heavy atom. The molecule has 2 heterocycles. The van der Waals surface area contributed by atoms with Crippen molar-refractivity contribution in [3.63, 3.8) is 0 Å². The summed E-state index contributed by atoms with van der Waals surface area (Å²) in [5, 5.41) is 11.4. The summed E-state index contributed by atoms with van der Waals surface area (Å²) < 4.78 is 6.94. The molecule has 1 N–H and O–H groups in total. The maximum atomic E-state index is 12.4. The van der Waals surface area contributed by atoms with Gasteiger partial charge in [-0.3, -0.25) is 4.79 Å². The first kappa shape index (κ1) is 17.4.